The van der Waals surface area contributed by atoms with Crippen LogP contribution in [0.15, 0.2) is 79.1 Å². The summed E-state index contributed by atoms with van der Waals surface area (Å²) in [7, 11) is 0. The first-order valence-electron chi connectivity index (χ1n) is 9.03. The van der Waals surface area contributed by atoms with Gasteiger partial charge in [0.2, 0.25) is 0 Å². The van der Waals surface area contributed by atoms with Crippen molar-refractivity contribution >= 4 is 22.4 Å². The molecule has 0 spiro atoms. The smallest absolute Gasteiger partial charge is 0.418 e. The third kappa shape index (κ3) is 4.27. The van der Waals surface area contributed by atoms with Gasteiger partial charge in [-0.3, -0.25) is 4.79 Å². The van der Waals surface area contributed by atoms with E-state index in [1.54, 1.807) is 18.2 Å². The molecular formula is C22H16F3N3O2. The maximum Gasteiger partial charge on any atom is 0.418 e. The van der Waals surface area contributed by atoms with Gasteiger partial charge in [0, 0.05) is 12.4 Å². The molecule has 1 N–H and O–H groups in total. The summed E-state index contributed by atoms with van der Waals surface area (Å²) < 4.78 is 47.3. The zero-order chi connectivity index (χ0) is 21.1. The second-order valence-electron chi connectivity index (χ2n) is 6.52. The van der Waals surface area contributed by atoms with E-state index in [4.69, 9.17) is 4.74 Å². The highest BCUT2D eigenvalue weighted by Gasteiger charge is 2.34. The number of rotatable bonds is 5. The standard InChI is InChI=1S/C22H16F3N3O2/c23-22(24,25)19-13-17(28-11-3-10-26-28)7-9-20(19)27-21(29)14-30-18-8-6-15-4-1-2-5-16(15)12-18/h1-13H,14H2,(H,27,29). The molecule has 0 radical (unpaired) electrons. The van der Waals surface area contributed by atoms with Crippen LogP contribution in [0, 0.1) is 0 Å². The molecule has 1 heterocycles. The quantitative estimate of drug-likeness (QED) is 0.499. The summed E-state index contributed by atoms with van der Waals surface area (Å²) in [6.07, 6.45) is -1.65. The average molecular weight is 411 g/mol. The van der Waals surface area contributed by atoms with Gasteiger partial charge >= 0.3 is 6.18 Å². The third-order valence-electron chi connectivity index (χ3n) is 4.44. The minimum atomic E-state index is -4.65. The molecule has 0 fully saturated rings. The number of aromatic nitrogens is 2. The molecule has 0 saturated carbocycles. The van der Waals surface area contributed by atoms with Gasteiger partial charge < -0.3 is 10.1 Å². The van der Waals surface area contributed by atoms with Crippen molar-refractivity contribution in [1.82, 2.24) is 9.78 Å². The minimum absolute atomic E-state index is 0.234. The van der Waals surface area contributed by atoms with Gasteiger partial charge in [0.05, 0.1) is 16.9 Å². The van der Waals surface area contributed by atoms with E-state index in [2.05, 4.69) is 10.4 Å². The van der Waals surface area contributed by atoms with E-state index in [9.17, 15) is 18.0 Å². The second kappa shape index (κ2) is 7.90. The van der Waals surface area contributed by atoms with Crippen molar-refractivity contribution in [3.8, 4) is 11.4 Å². The summed E-state index contributed by atoms with van der Waals surface area (Å²) in [6.45, 7) is -0.420. The number of ether oxygens (including phenoxy) is 1. The van der Waals surface area contributed by atoms with E-state index < -0.39 is 24.3 Å². The van der Waals surface area contributed by atoms with E-state index in [0.29, 0.717) is 5.75 Å². The molecule has 4 aromatic rings. The number of alkyl halides is 3. The maximum atomic E-state index is 13.5. The number of nitrogens with zero attached hydrogens (tertiary/aromatic N) is 2. The highest BCUT2D eigenvalue weighted by molar-refractivity contribution is 5.93. The Hall–Kier alpha value is -3.81. The van der Waals surface area contributed by atoms with Gasteiger partial charge in [-0.2, -0.15) is 18.3 Å². The third-order valence-corrected chi connectivity index (χ3v) is 4.44. The summed E-state index contributed by atoms with van der Waals surface area (Å²) >= 11 is 0. The van der Waals surface area contributed by atoms with Crippen LogP contribution in [0.1, 0.15) is 5.56 Å². The number of fused-ring (bicyclic) bond motifs is 1. The van der Waals surface area contributed by atoms with Crippen LogP contribution >= 0.6 is 0 Å². The maximum absolute atomic E-state index is 13.5. The zero-order valence-electron chi connectivity index (χ0n) is 15.6. The van der Waals surface area contributed by atoms with Crippen molar-refractivity contribution in [2.24, 2.45) is 0 Å². The van der Waals surface area contributed by atoms with E-state index in [1.165, 1.54) is 29.2 Å². The fraction of sp³-hybridized carbons (Fsp3) is 0.0909. The monoisotopic (exact) mass is 411 g/mol. The van der Waals surface area contributed by atoms with Crippen molar-refractivity contribution in [2.75, 3.05) is 11.9 Å². The Balaban J connectivity index is 1.49. The van der Waals surface area contributed by atoms with Gasteiger partial charge in [0.15, 0.2) is 6.61 Å². The molecule has 0 aliphatic rings. The van der Waals surface area contributed by atoms with Gasteiger partial charge in [0.1, 0.15) is 5.75 Å². The summed E-state index contributed by atoms with van der Waals surface area (Å²) in [5.41, 5.74) is -1.07. The first-order chi connectivity index (χ1) is 14.4. The molecular weight excluding hydrogens is 395 g/mol. The number of nitrogens with one attached hydrogen (secondary N) is 1. The number of carbonyl (C=O) groups is 1. The Bertz CT molecular complexity index is 1190. The van der Waals surface area contributed by atoms with Crippen LogP contribution in [0.4, 0.5) is 18.9 Å². The van der Waals surface area contributed by atoms with Crippen molar-refractivity contribution in [3.05, 3.63) is 84.7 Å². The predicted octanol–water partition coefficient (Wildman–Crippen LogP) is 5.06. The normalized spacial score (nSPS) is 11.4. The molecule has 3 aromatic carbocycles. The number of halogens is 3. The Morgan fingerprint density at radius 2 is 1.80 bits per heavy atom. The molecule has 4 rings (SSSR count). The van der Waals surface area contributed by atoms with Crippen molar-refractivity contribution in [1.29, 1.82) is 0 Å². The number of carbonyl (C=O) groups excluding carboxylic acids is 1. The molecule has 8 heteroatoms. The average Bonchev–Trinajstić information content (AvgIpc) is 3.26. The molecule has 0 bridgehead atoms. The summed E-state index contributed by atoms with van der Waals surface area (Å²) in [6, 6.07) is 18.1. The highest BCUT2D eigenvalue weighted by atomic mass is 19.4. The van der Waals surface area contributed by atoms with Crippen molar-refractivity contribution in [2.45, 2.75) is 6.18 Å². The van der Waals surface area contributed by atoms with Crippen LogP contribution in [-0.2, 0) is 11.0 Å². The number of hydrogen-bond donors (Lipinski definition) is 1. The van der Waals surface area contributed by atoms with Crippen LogP contribution in [-0.4, -0.2) is 22.3 Å². The second-order valence-corrected chi connectivity index (χ2v) is 6.52. The number of amides is 1. The SMILES string of the molecule is O=C(COc1ccc2ccccc2c1)Nc1ccc(-n2cccn2)cc1C(F)(F)F. The summed E-state index contributed by atoms with van der Waals surface area (Å²) in [5, 5.41) is 8.16. The predicted molar refractivity (Wildman–Crippen MR) is 107 cm³/mol. The fourth-order valence-corrected chi connectivity index (χ4v) is 3.03. The van der Waals surface area contributed by atoms with Gasteiger partial charge in [-0.25, -0.2) is 4.68 Å². The minimum Gasteiger partial charge on any atom is -0.484 e. The van der Waals surface area contributed by atoms with Crippen LogP contribution in [0.5, 0.6) is 5.75 Å². The van der Waals surface area contributed by atoms with Gasteiger partial charge in [-0.05, 0) is 47.2 Å². The molecule has 30 heavy (non-hydrogen) atoms. The van der Waals surface area contributed by atoms with Crippen LogP contribution < -0.4 is 10.1 Å². The van der Waals surface area contributed by atoms with Crippen LogP contribution in [0.3, 0.4) is 0 Å². The molecule has 5 nitrogen and oxygen atoms in total. The molecule has 1 amide bonds. The van der Waals surface area contributed by atoms with Gasteiger partial charge in [-0.15, -0.1) is 0 Å². The Labute approximate surface area is 169 Å². The van der Waals surface area contributed by atoms with Crippen molar-refractivity contribution in [3.63, 3.8) is 0 Å². The lowest BCUT2D eigenvalue weighted by Gasteiger charge is -2.16. The largest absolute Gasteiger partial charge is 0.484 e. The Morgan fingerprint density at radius 1 is 1.00 bits per heavy atom. The molecule has 0 atom stereocenters. The first-order valence-corrected chi connectivity index (χ1v) is 9.03. The molecule has 1 aromatic heterocycles. The number of anilines is 1. The molecule has 152 valence electrons. The summed E-state index contributed by atoms with van der Waals surface area (Å²) in [5.74, 6) is -0.241. The van der Waals surface area contributed by atoms with Crippen molar-refractivity contribution < 1.29 is 22.7 Å². The Morgan fingerprint density at radius 3 is 2.53 bits per heavy atom. The lowest BCUT2D eigenvalue weighted by Crippen LogP contribution is -2.22. The first kappa shape index (κ1) is 19.5. The molecule has 0 saturated heterocycles. The molecule has 0 unspecified atom stereocenters. The van der Waals surface area contributed by atoms with Crippen LogP contribution in [0.2, 0.25) is 0 Å². The van der Waals surface area contributed by atoms with Gasteiger partial charge in [-0.1, -0.05) is 30.3 Å². The highest BCUT2D eigenvalue weighted by Crippen LogP contribution is 2.36. The fourth-order valence-electron chi connectivity index (χ4n) is 3.03. The number of hydrogen-bond acceptors (Lipinski definition) is 3. The van der Waals surface area contributed by atoms with Crippen LogP contribution in [0.25, 0.3) is 16.5 Å². The van der Waals surface area contributed by atoms with Gasteiger partial charge in [0.25, 0.3) is 5.91 Å². The topological polar surface area (TPSA) is 56.1 Å². The zero-order valence-corrected chi connectivity index (χ0v) is 15.6. The Kier molecular flexibility index (Phi) is 5.14. The van der Waals surface area contributed by atoms with E-state index in [-0.39, 0.29) is 11.4 Å². The van der Waals surface area contributed by atoms with E-state index in [0.717, 1.165) is 16.8 Å². The molecule has 0 aliphatic carbocycles. The molecule has 0 aliphatic heterocycles. The van der Waals surface area contributed by atoms with E-state index in [1.807, 2.05) is 30.3 Å². The lowest BCUT2D eigenvalue weighted by molar-refractivity contribution is -0.137. The lowest BCUT2D eigenvalue weighted by atomic mass is 10.1. The van der Waals surface area contributed by atoms with E-state index >= 15 is 0 Å². The number of benzene rings is 3. The summed E-state index contributed by atoms with van der Waals surface area (Å²) in [4.78, 5) is 12.2.